The standard InChI is InChI=1S/C25H45N5O2/c1-19(2)15-24(31)30(17-20-9-13-32-14-10-20)23-7-5-21(6-8-23)25-22(16-27-28-25)18-29(4)12-11-26-3/h16,19-21,23,26H,5-15,17-18H2,1-4H3,(H,27,28)/t21-,23+. The zero-order valence-corrected chi connectivity index (χ0v) is 20.7. The highest BCUT2D eigenvalue weighted by Gasteiger charge is 2.33. The number of aromatic nitrogens is 2. The molecule has 7 heteroatoms. The third kappa shape index (κ3) is 7.29. The molecular weight excluding hydrogens is 402 g/mol. The first-order chi connectivity index (χ1) is 15.5. The first-order valence-electron chi connectivity index (χ1n) is 12.7. The van der Waals surface area contributed by atoms with Gasteiger partial charge in [-0.25, -0.2) is 0 Å². The predicted molar refractivity (Wildman–Crippen MR) is 129 cm³/mol. The predicted octanol–water partition coefficient (Wildman–Crippen LogP) is 3.39. The average Bonchev–Trinajstić information content (AvgIpc) is 3.24. The van der Waals surface area contributed by atoms with Crippen LogP contribution in [0.3, 0.4) is 0 Å². The van der Waals surface area contributed by atoms with Gasteiger partial charge in [0.15, 0.2) is 0 Å². The zero-order chi connectivity index (χ0) is 22.9. The molecule has 1 aliphatic heterocycles. The van der Waals surface area contributed by atoms with Crippen LogP contribution in [-0.2, 0) is 16.1 Å². The summed E-state index contributed by atoms with van der Waals surface area (Å²) in [6.07, 6.45) is 9.28. The molecule has 0 aromatic carbocycles. The minimum atomic E-state index is 0.349. The van der Waals surface area contributed by atoms with E-state index in [-0.39, 0.29) is 0 Å². The molecule has 2 heterocycles. The Morgan fingerprint density at radius 2 is 1.94 bits per heavy atom. The molecule has 2 N–H and O–H groups in total. The molecule has 1 saturated carbocycles. The number of amides is 1. The molecule has 32 heavy (non-hydrogen) atoms. The summed E-state index contributed by atoms with van der Waals surface area (Å²) < 4.78 is 5.55. The van der Waals surface area contributed by atoms with E-state index >= 15 is 0 Å². The van der Waals surface area contributed by atoms with Gasteiger partial charge in [-0.05, 0) is 64.5 Å². The Kier molecular flexibility index (Phi) is 10.0. The van der Waals surface area contributed by atoms with Crippen LogP contribution in [0.25, 0.3) is 0 Å². The van der Waals surface area contributed by atoms with E-state index in [2.05, 4.69) is 52.4 Å². The molecule has 1 amide bonds. The fourth-order valence-corrected chi connectivity index (χ4v) is 5.27. The number of likely N-dealkylation sites (N-methyl/N-ethyl adjacent to an activating group) is 2. The second-order valence-electron chi connectivity index (χ2n) is 10.3. The lowest BCUT2D eigenvalue weighted by Gasteiger charge is -2.39. The number of aromatic amines is 1. The van der Waals surface area contributed by atoms with Crippen molar-refractivity contribution in [2.75, 3.05) is 46.9 Å². The van der Waals surface area contributed by atoms with Gasteiger partial charge in [-0.1, -0.05) is 13.8 Å². The number of nitrogens with zero attached hydrogens (tertiary/aromatic N) is 3. The van der Waals surface area contributed by atoms with Gasteiger partial charge >= 0.3 is 0 Å². The lowest BCUT2D eigenvalue weighted by atomic mass is 9.81. The van der Waals surface area contributed by atoms with Crippen LogP contribution in [-0.4, -0.2) is 78.9 Å². The van der Waals surface area contributed by atoms with Gasteiger partial charge in [0.2, 0.25) is 5.91 Å². The smallest absolute Gasteiger partial charge is 0.223 e. The highest BCUT2D eigenvalue weighted by atomic mass is 16.5. The summed E-state index contributed by atoms with van der Waals surface area (Å²) in [5, 5.41) is 11.0. The molecule has 1 aromatic heterocycles. The highest BCUT2D eigenvalue weighted by Crippen LogP contribution is 2.36. The fourth-order valence-electron chi connectivity index (χ4n) is 5.27. The van der Waals surface area contributed by atoms with Crippen molar-refractivity contribution in [3.8, 4) is 0 Å². The first-order valence-corrected chi connectivity index (χ1v) is 12.7. The minimum Gasteiger partial charge on any atom is -0.381 e. The Labute approximate surface area is 194 Å². The van der Waals surface area contributed by atoms with Gasteiger partial charge in [-0.15, -0.1) is 0 Å². The monoisotopic (exact) mass is 447 g/mol. The minimum absolute atomic E-state index is 0.349. The summed E-state index contributed by atoms with van der Waals surface area (Å²) in [6, 6.07) is 0.376. The van der Waals surface area contributed by atoms with Crippen molar-refractivity contribution in [1.29, 1.82) is 0 Å². The van der Waals surface area contributed by atoms with Crippen LogP contribution in [0.2, 0.25) is 0 Å². The summed E-state index contributed by atoms with van der Waals surface area (Å²) in [7, 11) is 4.16. The van der Waals surface area contributed by atoms with Crippen LogP contribution in [0.4, 0.5) is 0 Å². The summed E-state index contributed by atoms with van der Waals surface area (Å²) in [6.45, 7) is 9.82. The van der Waals surface area contributed by atoms with Gasteiger partial charge in [-0.3, -0.25) is 9.89 Å². The molecule has 1 saturated heterocycles. The number of hydrogen-bond acceptors (Lipinski definition) is 5. The lowest BCUT2D eigenvalue weighted by molar-refractivity contribution is -0.136. The van der Waals surface area contributed by atoms with Crippen LogP contribution in [0.1, 0.15) is 76.0 Å². The second-order valence-corrected chi connectivity index (χ2v) is 10.3. The Morgan fingerprint density at radius 3 is 2.59 bits per heavy atom. The molecule has 0 bridgehead atoms. The zero-order valence-electron chi connectivity index (χ0n) is 20.7. The SMILES string of the molecule is CNCCN(C)Cc1c[nH]nc1[C@H]1CC[C@@H](N(CC2CCOCC2)C(=O)CC(C)C)CC1. The van der Waals surface area contributed by atoms with Crippen LogP contribution in [0.15, 0.2) is 6.20 Å². The van der Waals surface area contributed by atoms with E-state index in [9.17, 15) is 4.79 Å². The number of hydrogen-bond donors (Lipinski definition) is 2. The molecule has 0 spiro atoms. The largest absolute Gasteiger partial charge is 0.381 e. The maximum Gasteiger partial charge on any atom is 0.223 e. The molecular formula is C25H45N5O2. The number of H-pyrrole nitrogens is 1. The summed E-state index contributed by atoms with van der Waals surface area (Å²) in [4.78, 5) is 17.8. The lowest BCUT2D eigenvalue weighted by Crippen LogP contribution is -2.46. The van der Waals surface area contributed by atoms with E-state index in [0.717, 1.165) is 77.9 Å². The molecule has 1 aromatic rings. The highest BCUT2D eigenvalue weighted by molar-refractivity contribution is 5.76. The van der Waals surface area contributed by atoms with E-state index in [1.807, 2.05) is 7.05 Å². The maximum absolute atomic E-state index is 13.2. The van der Waals surface area contributed by atoms with Crippen molar-refractivity contribution in [2.24, 2.45) is 11.8 Å². The van der Waals surface area contributed by atoms with Crippen molar-refractivity contribution in [1.82, 2.24) is 25.3 Å². The third-order valence-corrected chi connectivity index (χ3v) is 7.16. The van der Waals surface area contributed by atoms with Gasteiger partial charge < -0.3 is 19.9 Å². The molecule has 7 nitrogen and oxygen atoms in total. The second kappa shape index (κ2) is 12.7. The van der Waals surface area contributed by atoms with Crippen molar-refractivity contribution in [3.63, 3.8) is 0 Å². The number of carbonyl (C=O) groups excluding carboxylic acids is 1. The van der Waals surface area contributed by atoms with E-state index in [0.29, 0.717) is 36.1 Å². The maximum atomic E-state index is 13.2. The Balaban J connectivity index is 1.59. The van der Waals surface area contributed by atoms with Crippen LogP contribution < -0.4 is 5.32 Å². The van der Waals surface area contributed by atoms with Crippen molar-refractivity contribution >= 4 is 5.91 Å². The van der Waals surface area contributed by atoms with E-state index in [1.54, 1.807) is 0 Å². The summed E-state index contributed by atoms with van der Waals surface area (Å²) in [5.41, 5.74) is 2.56. The summed E-state index contributed by atoms with van der Waals surface area (Å²) >= 11 is 0. The number of carbonyl (C=O) groups is 1. The topological polar surface area (TPSA) is 73.5 Å². The summed E-state index contributed by atoms with van der Waals surface area (Å²) in [5.74, 6) is 1.84. The molecule has 3 rings (SSSR count). The number of ether oxygens (including phenoxy) is 1. The molecule has 0 atom stereocenters. The Hall–Kier alpha value is -1.44. The quantitative estimate of drug-likeness (QED) is 0.544. The first kappa shape index (κ1) is 25.2. The average molecular weight is 448 g/mol. The molecule has 0 radical (unpaired) electrons. The molecule has 1 aliphatic carbocycles. The van der Waals surface area contributed by atoms with Crippen molar-refractivity contribution in [3.05, 3.63) is 17.5 Å². The van der Waals surface area contributed by atoms with Gasteiger partial charge in [0.05, 0.1) is 5.69 Å². The normalized spacial score (nSPS) is 22.6. The van der Waals surface area contributed by atoms with Crippen molar-refractivity contribution < 1.29 is 9.53 Å². The molecule has 2 aliphatic rings. The van der Waals surface area contributed by atoms with Crippen molar-refractivity contribution in [2.45, 2.75) is 77.3 Å². The Bertz CT molecular complexity index is 678. The van der Waals surface area contributed by atoms with E-state index in [4.69, 9.17) is 4.74 Å². The number of rotatable bonds is 11. The van der Waals surface area contributed by atoms with Gasteiger partial charge in [0.25, 0.3) is 0 Å². The van der Waals surface area contributed by atoms with E-state index in [1.165, 1.54) is 11.3 Å². The number of nitrogens with one attached hydrogen (secondary N) is 2. The van der Waals surface area contributed by atoms with Gasteiger partial charge in [0, 0.05) is 69.5 Å². The van der Waals surface area contributed by atoms with Crippen LogP contribution in [0, 0.1) is 11.8 Å². The van der Waals surface area contributed by atoms with Gasteiger partial charge in [-0.2, -0.15) is 5.10 Å². The van der Waals surface area contributed by atoms with E-state index < -0.39 is 0 Å². The third-order valence-electron chi connectivity index (χ3n) is 7.16. The van der Waals surface area contributed by atoms with Gasteiger partial charge in [0.1, 0.15) is 0 Å². The molecule has 0 unspecified atom stereocenters. The molecule has 182 valence electrons. The van der Waals surface area contributed by atoms with Crippen LogP contribution in [0.5, 0.6) is 0 Å². The fraction of sp³-hybridized carbons (Fsp3) is 0.840. The van der Waals surface area contributed by atoms with Crippen LogP contribution >= 0.6 is 0 Å². The Morgan fingerprint density at radius 1 is 1.22 bits per heavy atom. The molecule has 2 fully saturated rings.